The number of primary amides is 1. The van der Waals surface area contributed by atoms with Gasteiger partial charge in [0.25, 0.3) is 0 Å². The van der Waals surface area contributed by atoms with Crippen molar-refractivity contribution in [2.75, 3.05) is 11.5 Å². The first-order valence-corrected chi connectivity index (χ1v) is 6.97. The Morgan fingerprint density at radius 1 is 1.20 bits per heavy atom. The number of carboxylic acid groups (broad SMARTS) is 2. The van der Waals surface area contributed by atoms with Crippen LogP contribution in [-0.2, 0) is 14.4 Å². The molecular weight excluding hydrogens is 286 g/mol. The zero-order chi connectivity index (χ0) is 15.5. The van der Waals surface area contributed by atoms with Crippen molar-refractivity contribution in [1.29, 1.82) is 0 Å². The number of hydrogen-bond donors (Lipinski definition) is 5. The monoisotopic (exact) mass is 305 g/mol. The minimum absolute atomic E-state index is 0.0240. The molecule has 8 nitrogen and oxygen atoms in total. The second kappa shape index (κ2) is 10.2. The molecule has 114 valence electrons. The van der Waals surface area contributed by atoms with E-state index in [1.165, 1.54) is 11.8 Å². The minimum Gasteiger partial charge on any atom is -0.480 e. The molecule has 6 N–H and O–H groups in total. The van der Waals surface area contributed by atoms with Crippen LogP contribution in [0.4, 0.5) is 0 Å². The van der Waals surface area contributed by atoms with Crippen LogP contribution in [0.1, 0.15) is 12.8 Å². The van der Waals surface area contributed by atoms with Crippen molar-refractivity contribution in [2.45, 2.75) is 24.9 Å². The van der Waals surface area contributed by atoms with Gasteiger partial charge in [-0.05, 0) is 6.42 Å². The molecule has 0 rings (SSSR count). The normalized spacial score (nSPS) is 13.4. The van der Waals surface area contributed by atoms with Crippen LogP contribution in [0.2, 0.25) is 0 Å². The quantitative estimate of drug-likeness (QED) is 0.179. The number of carboxylic acids is 2. The maximum Gasteiger partial charge on any atom is 0.322 e. The smallest absolute Gasteiger partial charge is 0.322 e. The first-order valence-electron chi connectivity index (χ1n) is 5.82. The Balaban J connectivity index is 4.31. The molecule has 2 atom stereocenters. The van der Waals surface area contributed by atoms with E-state index in [0.29, 0.717) is 5.75 Å². The molecule has 9 heteroatoms. The molecule has 0 bridgehead atoms. The lowest BCUT2D eigenvalue weighted by atomic mass is 10.1. The molecule has 1 amide bonds. The van der Waals surface area contributed by atoms with Gasteiger partial charge in [0.1, 0.15) is 12.1 Å². The van der Waals surface area contributed by atoms with Crippen LogP contribution in [0.3, 0.4) is 0 Å². The predicted molar refractivity (Wildman–Crippen MR) is 75.1 cm³/mol. The SMILES string of the molecule is C=CCSC[C@H](NN[C@@H](CCC(N)=O)C(=O)O)C(=O)O. The van der Waals surface area contributed by atoms with Crippen molar-refractivity contribution in [3.05, 3.63) is 12.7 Å². The van der Waals surface area contributed by atoms with Gasteiger partial charge in [-0.1, -0.05) is 6.08 Å². The van der Waals surface area contributed by atoms with Gasteiger partial charge in [-0.3, -0.25) is 14.4 Å². The molecule has 0 aromatic rings. The molecule has 0 radical (unpaired) electrons. The van der Waals surface area contributed by atoms with Crippen molar-refractivity contribution >= 4 is 29.6 Å². The number of hydrazine groups is 1. The van der Waals surface area contributed by atoms with Gasteiger partial charge in [0.2, 0.25) is 5.91 Å². The summed E-state index contributed by atoms with van der Waals surface area (Å²) >= 11 is 1.35. The summed E-state index contributed by atoms with van der Waals surface area (Å²) in [6.45, 7) is 3.51. The fourth-order valence-electron chi connectivity index (χ4n) is 1.19. The number of aliphatic carboxylic acids is 2. The van der Waals surface area contributed by atoms with E-state index in [1.54, 1.807) is 6.08 Å². The second-order valence-electron chi connectivity index (χ2n) is 3.90. The van der Waals surface area contributed by atoms with E-state index in [9.17, 15) is 14.4 Å². The van der Waals surface area contributed by atoms with Gasteiger partial charge in [-0.25, -0.2) is 10.9 Å². The summed E-state index contributed by atoms with van der Waals surface area (Å²) in [5.74, 6) is -2.07. The van der Waals surface area contributed by atoms with E-state index in [0.717, 1.165) is 0 Å². The second-order valence-corrected chi connectivity index (χ2v) is 4.98. The summed E-state index contributed by atoms with van der Waals surface area (Å²) in [5.41, 5.74) is 9.79. The van der Waals surface area contributed by atoms with E-state index >= 15 is 0 Å². The summed E-state index contributed by atoms with van der Waals surface area (Å²) < 4.78 is 0. The Hall–Kier alpha value is -1.58. The Morgan fingerprint density at radius 3 is 2.20 bits per heavy atom. The predicted octanol–water partition coefficient (Wildman–Crippen LogP) is -0.828. The standard InChI is InChI=1S/C11H19N3O5S/c1-2-5-20-6-8(11(18)19)14-13-7(10(16)17)3-4-9(12)15/h2,7-8,13-14H,1,3-6H2,(H2,12,15)(H,16,17)(H,18,19)/t7-,8-/m0/s1. The number of carbonyl (C=O) groups excluding carboxylic acids is 1. The summed E-state index contributed by atoms with van der Waals surface area (Å²) in [5, 5.41) is 17.9. The van der Waals surface area contributed by atoms with Crippen LogP contribution in [0.25, 0.3) is 0 Å². The summed E-state index contributed by atoms with van der Waals surface area (Å²) in [4.78, 5) is 32.5. The van der Waals surface area contributed by atoms with E-state index in [2.05, 4.69) is 17.4 Å². The number of nitrogens with two attached hydrogens (primary N) is 1. The van der Waals surface area contributed by atoms with Crippen LogP contribution in [0.5, 0.6) is 0 Å². The highest BCUT2D eigenvalue weighted by Crippen LogP contribution is 2.03. The van der Waals surface area contributed by atoms with Crippen molar-refractivity contribution in [3.8, 4) is 0 Å². The van der Waals surface area contributed by atoms with Crippen LogP contribution in [-0.4, -0.2) is 51.6 Å². The molecular formula is C11H19N3O5S. The van der Waals surface area contributed by atoms with E-state index in [4.69, 9.17) is 15.9 Å². The number of carbonyl (C=O) groups is 3. The van der Waals surface area contributed by atoms with Crippen LogP contribution in [0.15, 0.2) is 12.7 Å². The molecule has 0 aromatic heterocycles. The van der Waals surface area contributed by atoms with Gasteiger partial charge in [-0.2, -0.15) is 11.8 Å². The van der Waals surface area contributed by atoms with Gasteiger partial charge in [0.15, 0.2) is 0 Å². The van der Waals surface area contributed by atoms with Gasteiger partial charge in [-0.15, -0.1) is 6.58 Å². The zero-order valence-electron chi connectivity index (χ0n) is 10.9. The van der Waals surface area contributed by atoms with Crippen molar-refractivity contribution in [2.24, 2.45) is 5.73 Å². The van der Waals surface area contributed by atoms with E-state index < -0.39 is 29.9 Å². The average molecular weight is 305 g/mol. The Morgan fingerprint density at radius 2 is 1.75 bits per heavy atom. The Kier molecular flexibility index (Phi) is 9.43. The fraction of sp³-hybridized carbons (Fsp3) is 0.545. The molecule has 0 fully saturated rings. The molecule has 0 aliphatic rings. The average Bonchev–Trinajstić information content (AvgIpc) is 2.35. The highest BCUT2D eigenvalue weighted by molar-refractivity contribution is 7.99. The lowest BCUT2D eigenvalue weighted by Gasteiger charge is -2.19. The first-order chi connectivity index (χ1) is 9.38. The number of rotatable bonds is 12. The Bertz CT molecular complexity index is 364. The van der Waals surface area contributed by atoms with Gasteiger partial charge in [0, 0.05) is 17.9 Å². The van der Waals surface area contributed by atoms with E-state index in [-0.39, 0.29) is 18.6 Å². The molecule has 0 aliphatic heterocycles. The van der Waals surface area contributed by atoms with Crippen LogP contribution in [0, 0.1) is 0 Å². The van der Waals surface area contributed by atoms with Gasteiger partial charge in [0.05, 0.1) is 0 Å². The number of hydrogen-bond acceptors (Lipinski definition) is 6. The molecule has 0 saturated heterocycles. The van der Waals surface area contributed by atoms with Crippen molar-refractivity contribution in [3.63, 3.8) is 0 Å². The fourth-order valence-corrected chi connectivity index (χ4v) is 1.95. The highest BCUT2D eigenvalue weighted by atomic mass is 32.2. The van der Waals surface area contributed by atoms with Crippen molar-refractivity contribution in [1.82, 2.24) is 10.9 Å². The summed E-state index contributed by atoms with van der Waals surface area (Å²) in [7, 11) is 0. The molecule has 0 spiro atoms. The lowest BCUT2D eigenvalue weighted by molar-refractivity contribution is -0.142. The number of thioether (sulfide) groups is 1. The number of amides is 1. The number of nitrogens with one attached hydrogen (secondary N) is 2. The van der Waals surface area contributed by atoms with Gasteiger partial charge >= 0.3 is 11.9 Å². The molecule has 0 heterocycles. The summed E-state index contributed by atoms with van der Waals surface area (Å²) in [6, 6.07) is -2.04. The first kappa shape index (κ1) is 18.4. The molecule has 0 aromatic carbocycles. The van der Waals surface area contributed by atoms with Crippen LogP contribution < -0.4 is 16.6 Å². The van der Waals surface area contributed by atoms with Crippen molar-refractivity contribution < 1.29 is 24.6 Å². The zero-order valence-corrected chi connectivity index (χ0v) is 11.7. The topological polar surface area (TPSA) is 142 Å². The maximum absolute atomic E-state index is 11.0. The molecule has 20 heavy (non-hydrogen) atoms. The highest BCUT2D eigenvalue weighted by Gasteiger charge is 2.22. The maximum atomic E-state index is 11.0. The lowest BCUT2D eigenvalue weighted by Crippen LogP contribution is -2.53. The largest absolute Gasteiger partial charge is 0.480 e. The third-order valence-electron chi connectivity index (χ3n) is 2.23. The third kappa shape index (κ3) is 8.51. The summed E-state index contributed by atoms with van der Waals surface area (Å²) in [6.07, 6.45) is 1.52. The minimum atomic E-state index is -1.19. The van der Waals surface area contributed by atoms with E-state index in [1.807, 2.05) is 0 Å². The molecule has 0 aliphatic carbocycles. The molecule has 0 unspecified atom stereocenters. The Labute approximate surface area is 120 Å². The third-order valence-corrected chi connectivity index (χ3v) is 3.27. The van der Waals surface area contributed by atoms with Gasteiger partial charge < -0.3 is 15.9 Å². The van der Waals surface area contributed by atoms with Crippen LogP contribution >= 0.6 is 11.8 Å². The molecule has 0 saturated carbocycles.